The van der Waals surface area contributed by atoms with E-state index in [0.717, 1.165) is 20.2 Å². The van der Waals surface area contributed by atoms with E-state index >= 15 is 0 Å². The van der Waals surface area contributed by atoms with E-state index < -0.39 is 0 Å². The highest BCUT2D eigenvalue weighted by Gasteiger charge is 2.27. The Morgan fingerprint density at radius 1 is 1.30 bits per heavy atom. The summed E-state index contributed by atoms with van der Waals surface area (Å²) in [6.07, 6.45) is 0. The van der Waals surface area contributed by atoms with Crippen molar-refractivity contribution < 1.29 is 0 Å². The van der Waals surface area contributed by atoms with Gasteiger partial charge in [-0.2, -0.15) is 12.6 Å². The first kappa shape index (κ1) is 8.71. The SMILES string of the molecule is CC1=C(S)C(=S)[C@@H](S)C1=S. The Bertz CT molecular complexity index is 214. The average molecular weight is 206 g/mol. The second kappa shape index (κ2) is 2.93. The third-order valence-corrected chi connectivity index (χ3v) is 4.03. The minimum absolute atomic E-state index is 0.0579. The van der Waals surface area contributed by atoms with Gasteiger partial charge in [-0.1, -0.05) is 24.4 Å². The Labute approximate surface area is 81.9 Å². The summed E-state index contributed by atoms with van der Waals surface area (Å²) < 4.78 is 0. The molecular weight excluding hydrogens is 200 g/mol. The lowest BCUT2D eigenvalue weighted by Gasteiger charge is -1.99. The van der Waals surface area contributed by atoms with E-state index in [1.165, 1.54) is 0 Å². The Kier molecular flexibility index (Phi) is 2.55. The molecule has 1 aliphatic carbocycles. The molecule has 0 bridgehead atoms. The molecule has 1 aliphatic rings. The van der Waals surface area contributed by atoms with Gasteiger partial charge in [0.2, 0.25) is 0 Å². The monoisotopic (exact) mass is 206 g/mol. The summed E-state index contributed by atoms with van der Waals surface area (Å²) in [4.78, 5) is 2.41. The first-order valence-corrected chi connectivity index (χ1v) is 4.50. The second-order valence-electron chi connectivity index (χ2n) is 2.10. The third kappa shape index (κ3) is 1.18. The van der Waals surface area contributed by atoms with Crippen LogP contribution in [0.25, 0.3) is 0 Å². The number of thiocarbonyl (C=S) groups is 2. The molecule has 0 aromatic rings. The van der Waals surface area contributed by atoms with E-state index in [2.05, 4.69) is 25.3 Å². The van der Waals surface area contributed by atoms with Gasteiger partial charge in [-0.15, -0.1) is 12.6 Å². The molecule has 10 heavy (non-hydrogen) atoms. The van der Waals surface area contributed by atoms with Gasteiger partial charge < -0.3 is 0 Å². The molecule has 0 spiro atoms. The average Bonchev–Trinajstić information content (AvgIpc) is 2.07. The lowest BCUT2D eigenvalue weighted by atomic mass is 10.3. The van der Waals surface area contributed by atoms with E-state index in [1.807, 2.05) is 6.92 Å². The molecule has 54 valence electrons. The fourth-order valence-electron chi connectivity index (χ4n) is 0.755. The van der Waals surface area contributed by atoms with E-state index in [1.54, 1.807) is 0 Å². The van der Waals surface area contributed by atoms with Gasteiger partial charge in [0.05, 0.1) is 5.25 Å². The molecule has 0 saturated carbocycles. The van der Waals surface area contributed by atoms with Gasteiger partial charge in [-0.25, -0.2) is 0 Å². The van der Waals surface area contributed by atoms with Gasteiger partial charge in [0, 0.05) is 14.6 Å². The van der Waals surface area contributed by atoms with Crippen LogP contribution in [0, 0.1) is 0 Å². The Balaban J connectivity index is 3.11. The zero-order chi connectivity index (χ0) is 7.89. The molecule has 0 heterocycles. The topological polar surface area (TPSA) is 0 Å². The predicted molar refractivity (Wildman–Crippen MR) is 59.7 cm³/mol. The molecule has 0 saturated heterocycles. The first-order valence-electron chi connectivity index (χ1n) is 2.72. The summed E-state index contributed by atoms with van der Waals surface area (Å²) in [6, 6.07) is 0. The van der Waals surface area contributed by atoms with Crippen LogP contribution in [0.2, 0.25) is 0 Å². The van der Waals surface area contributed by atoms with Gasteiger partial charge in [-0.05, 0) is 12.5 Å². The van der Waals surface area contributed by atoms with Crippen molar-refractivity contribution in [3.8, 4) is 0 Å². The molecule has 1 atom stereocenters. The maximum Gasteiger partial charge on any atom is 0.0734 e. The Morgan fingerprint density at radius 2 is 1.80 bits per heavy atom. The van der Waals surface area contributed by atoms with Gasteiger partial charge >= 0.3 is 0 Å². The van der Waals surface area contributed by atoms with Crippen LogP contribution in [0.4, 0.5) is 0 Å². The molecule has 0 nitrogen and oxygen atoms in total. The molecule has 0 unspecified atom stereocenters. The number of hydrogen-bond donors (Lipinski definition) is 2. The number of hydrogen-bond acceptors (Lipinski definition) is 4. The fourth-order valence-corrected chi connectivity index (χ4v) is 2.07. The second-order valence-corrected chi connectivity index (χ2v) is 3.95. The zero-order valence-corrected chi connectivity index (χ0v) is 8.71. The third-order valence-electron chi connectivity index (χ3n) is 1.45. The Morgan fingerprint density at radius 3 is 1.90 bits per heavy atom. The van der Waals surface area contributed by atoms with Crippen molar-refractivity contribution in [3.63, 3.8) is 0 Å². The van der Waals surface area contributed by atoms with Crippen LogP contribution in [-0.2, 0) is 0 Å². The number of allylic oxidation sites excluding steroid dienone is 2. The smallest absolute Gasteiger partial charge is 0.0734 e. The fraction of sp³-hybridized carbons (Fsp3) is 0.333. The van der Waals surface area contributed by atoms with Crippen LogP contribution >= 0.6 is 49.7 Å². The van der Waals surface area contributed by atoms with E-state index in [0.29, 0.717) is 0 Å². The summed E-state index contributed by atoms with van der Waals surface area (Å²) in [5.74, 6) is 0. The Hall–Kier alpha value is 0.620. The molecule has 0 radical (unpaired) electrons. The molecule has 0 N–H and O–H groups in total. The molecule has 1 rings (SSSR count). The quantitative estimate of drug-likeness (QED) is 0.461. The lowest BCUT2D eigenvalue weighted by Crippen LogP contribution is -2.13. The maximum atomic E-state index is 5.05. The van der Waals surface area contributed by atoms with Crippen molar-refractivity contribution in [1.29, 1.82) is 0 Å². The largest absolute Gasteiger partial charge is 0.164 e. The minimum Gasteiger partial charge on any atom is -0.164 e. The van der Waals surface area contributed by atoms with Crippen molar-refractivity contribution in [2.45, 2.75) is 12.2 Å². The standard InChI is InChI=1S/C6H6S4/c1-2-3(7)5(9)6(10)4(2)8/h5,8-9H,1H3/t5-/m0/s1. The molecule has 0 aromatic heterocycles. The molecule has 0 amide bonds. The van der Waals surface area contributed by atoms with Crippen molar-refractivity contribution >= 4 is 59.4 Å². The summed E-state index contributed by atoms with van der Waals surface area (Å²) in [7, 11) is 0. The van der Waals surface area contributed by atoms with Crippen molar-refractivity contribution in [2.24, 2.45) is 0 Å². The maximum absolute atomic E-state index is 5.05. The summed E-state index contributed by atoms with van der Waals surface area (Å²) in [6.45, 7) is 1.92. The van der Waals surface area contributed by atoms with Gasteiger partial charge in [-0.3, -0.25) is 0 Å². The molecule has 4 heteroatoms. The number of thiol groups is 2. The minimum atomic E-state index is -0.0579. The molecule has 0 aromatic carbocycles. The molecule has 0 fully saturated rings. The highest BCUT2D eigenvalue weighted by atomic mass is 32.1. The van der Waals surface area contributed by atoms with Crippen LogP contribution in [0.3, 0.4) is 0 Å². The van der Waals surface area contributed by atoms with E-state index in [9.17, 15) is 0 Å². The molecular formula is C6H6S4. The first-order chi connectivity index (χ1) is 4.55. The zero-order valence-electron chi connectivity index (χ0n) is 5.29. The lowest BCUT2D eigenvalue weighted by molar-refractivity contribution is 1.63. The van der Waals surface area contributed by atoms with Gasteiger partial charge in [0.1, 0.15) is 0 Å². The summed E-state index contributed by atoms with van der Waals surface area (Å²) >= 11 is 18.5. The van der Waals surface area contributed by atoms with Crippen LogP contribution < -0.4 is 0 Å². The summed E-state index contributed by atoms with van der Waals surface area (Å²) in [5.41, 5.74) is 1.00. The van der Waals surface area contributed by atoms with Crippen LogP contribution in [-0.4, -0.2) is 15.0 Å². The van der Waals surface area contributed by atoms with Crippen molar-refractivity contribution in [2.75, 3.05) is 0 Å². The van der Waals surface area contributed by atoms with E-state index in [-0.39, 0.29) is 5.25 Å². The predicted octanol–water partition coefficient (Wildman–Crippen LogP) is 2.24. The summed E-state index contributed by atoms with van der Waals surface area (Å²) in [5, 5.41) is -0.0579. The number of rotatable bonds is 0. The van der Waals surface area contributed by atoms with Crippen LogP contribution in [0.5, 0.6) is 0 Å². The van der Waals surface area contributed by atoms with Crippen LogP contribution in [0.15, 0.2) is 10.5 Å². The van der Waals surface area contributed by atoms with Crippen LogP contribution in [0.1, 0.15) is 6.92 Å². The van der Waals surface area contributed by atoms with Gasteiger partial charge in [0.25, 0.3) is 0 Å². The van der Waals surface area contributed by atoms with Crippen molar-refractivity contribution in [3.05, 3.63) is 10.5 Å². The van der Waals surface area contributed by atoms with E-state index in [4.69, 9.17) is 24.4 Å². The molecule has 0 aliphatic heterocycles. The van der Waals surface area contributed by atoms with Gasteiger partial charge in [0.15, 0.2) is 0 Å². The highest BCUT2D eigenvalue weighted by molar-refractivity contribution is 7.94. The highest BCUT2D eigenvalue weighted by Crippen LogP contribution is 2.27. The normalized spacial score (nSPS) is 26.5. The van der Waals surface area contributed by atoms with Crippen molar-refractivity contribution in [1.82, 2.24) is 0 Å².